The number of benzene rings is 2. The average molecular weight is 537 g/mol. The topological polar surface area (TPSA) is 152 Å². The summed E-state index contributed by atoms with van der Waals surface area (Å²) in [5, 5.41) is 25.7. The Hall–Kier alpha value is -4.60. The quantitative estimate of drug-likeness (QED) is 0.398. The van der Waals surface area contributed by atoms with E-state index in [1.807, 2.05) is 36.4 Å². The average Bonchev–Trinajstić information content (AvgIpc) is 3.70. The number of carbonyl (C=O) groups is 4. The molecular weight excluding hydrogens is 512 g/mol. The number of nitrogens with one attached hydrogen (secondary N) is 2. The maximum Gasteiger partial charge on any atom is 0.223 e. The second kappa shape index (κ2) is 7.97. The highest BCUT2D eigenvalue weighted by molar-refractivity contribution is 5.95. The van der Waals surface area contributed by atoms with Crippen LogP contribution >= 0.6 is 0 Å². The first kappa shape index (κ1) is 23.3. The third-order valence-corrected chi connectivity index (χ3v) is 9.40. The van der Waals surface area contributed by atoms with E-state index in [2.05, 4.69) is 9.97 Å². The summed E-state index contributed by atoms with van der Waals surface area (Å²) in [6.07, 6.45) is 2.23. The number of carbonyl (C=O) groups excluding carboxylic acids is 4. The van der Waals surface area contributed by atoms with Crippen LogP contribution in [0.2, 0.25) is 0 Å². The van der Waals surface area contributed by atoms with E-state index in [1.54, 1.807) is 0 Å². The Kier molecular flexibility index (Phi) is 4.64. The van der Waals surface area contributed by atoms with Crippen molar-refractivity contribution in [3.8, 4) is 11.1 Å². The number of carboxylic acid groups (broad SMARTS) is 2. The number of hydrogen-bond donors (Lipinski definition) is 2. The predicted molar refractivity (Wildman–Crippen MR) is 138 cm³/mol. The van der Waals surface area contributed by atoms with Gasteiger partial charge in [0.15, 0.2) is 0 Å². The van der Waals surface area contributed by atoms with E-state index in [-0.39, 0.29) is 36.7 Å². The van der Waals surface area contributed by atoms with E-state index in [4.69, 9.17) is 0 Å². The summed E-state index contributed by atoms with van der Waals surface area (Å²) in [6.45, 7) is 0. The molecule has 0 unspecified atom stereocenters. The van der Waals surface area contributed by atoms with Crippen molar-refractivity contribution >= 4 is 45.6 Å². The summed E-state index contributed by atoms with van der Waals surface area (Å²) in [5.74, 6) is -2.76. The van der Waals surface area contributed by atoms with Gasteiger partial charge in [0.1, 0.15) is 0 Å². The summed E-state index contributed by atoms with van der Waals surface area (Å²) in [7, 11) is 0. The molecule has 4 aromatic rings. The van der Waals surface area contributed by atoms with Crippen LogP contribution in [0.3, 0.4) is 0 Å². The minimum absolute atomic E-state index is 0.151. The maximum absolute atomic E-state index is 12.5. The van der Waals surface area contributed by atoms with E-state index in [0.29, 0.717) is 25.7 Å². The zero-order chi connectivity index (χ0) is 27.4. The molecule has 10 nitrogen and oxygen atoms in total. The molecule has 0 saturated carbocycles. The molecule has 40 heavy (non-hydrogen) atoms. The van der Waals surface area contributed by atoms with E-state index >= 15 is 0 Å². The van der Waals surface area contributed by atoms with Crippen molar-refractivity contribution in [1.82, 2.24) is 19.8 Å². The lowest BCUT2D eigenvalue weighted by Crippen LogP contribution is -2.52. The molecule has 4 aliphatic heterocycles. The molecule has 0 aliphatic carbocycles. The number of aromatic nitrogens is 2. The smallest absolute Gasteiger partial charge is 0.223 e. The number of amides is 2. The molecule has 4 aliphatic rings. The number of nitrogens with zero attached hydrogens (tertiary/aromatic N) is 2. The Morgan fingerprint density at radius 2 is 1.12 bits per heavy atom. The zero-order valence-electron chi connectivity index (χ0n) is 21.4. The predicted octanol–water partition coefficient (Wildman–Crippen LogP) is 0.992. The molecule has 202 valence electrons. The minimum Gasteiger partial charge on any atom is -0.548 e. The number of carboxylic acids is 2. The van der Waals surface area contributed by atoms with Gasteiger partial charge in [0.25, 0.3) is 0 Å². The van der Waals surface area contributed by atoms with Crippen LogP contribution in [0.25, 0.3) is 32.9 Å². The van der Waals surface area contributed by atoms with E-state index in [9.17, 15) is 29.4 Å². The van der Waals surface area contributed by atoms with Crippen molar-refractivity contribution in [2.75, 3.05) is 0 Å². The fraction of sp³-hybridized carbons (Fsp3) is 0.333. The largest absolute Gasteiger partial charge is 0.548 e. The van der Waals surface area contributed by atoms with Crippen LogP contribution in [-0.4, -0.2) is 55.6 Å². The highest BCUT2D eigenvalue weighted by Gasteiger charge is 2.45. The van der Waals surface area contributed by atoms with Crippen molar-refractivity contribution < 1.29 is 29.4 Å². The first-order valence-corrected chi connectivity index (χ1v) is 13.6. The fourth-order valence-electron chi connectivity index (χ4n) is 7.65. The molecule has 0 spiro atoms. The van der Waals surface area contributed by atoms with Crippen LogP contribution < -0.4 is 10.2 Å². The molecule has 2 N–H and O–H groups in total. The van der Waals surface area contributed by atoms with Crippen LogP contribution in [0.1, 0.15) is 60.3 Å². The third kappa shape index (κ3) is 3.04. The summed E-state index contributed by atoms with van der Waals surface area (Å²) < 4.78 is 0. The molecule has 2 aromatic heterocycles. The van der Waals surface area contributed by atoms with Crippen LogP contribution in [0, 0.1) is 0 Å². The van der Waals surface area contributed by atoms with Gasteiger partial charge in [-0.15, -0.1) is 0 Å². The monoisotopic (exact) mass is 536 g/mol. The number of fused-ring (bicyclic) bond motifs is 10. The van der Waals surface area contributed by atoms with Crippen molar-refractivity contribution in [3.63, 3.8) is 0 Å². The van der Waals surface area contributed by atoms with Gasteiger partial charge >= 0.3 is 0 Å². The number of aromatic amines is 2. The Morgan fingerprint density at radius 1 is 0.700 bits per heavy atom. The Balaban J connectivity index is 1.19. The van der Waals surface area contributed by atoms with Crippen LogP contribution in [0.15, 0.2) is 36.4 Å². The van der Waals surface area contributed by atoms with Gasteiger partial charge in [-0.05, 0) is 47.2 Å². The van der Waals surface area contributed by atoms with Gasteiger partial charge in [-0.3, -0.25) is 9.59 Å². The lowest BCUT2D eigenvalue weighted by atomic mass is 9.91. The van der Waals surface area contributed by atoms with Crippen molar-refractivity contribution in [2.45, 2.75) is 62.7 Å². The number of hydrogen-bond acceptors (Lipinski definition) is 6. The summed E-state index contributed by atoms with van der Waals surface area (Å²) in [5.41, 5.74) is 7.34. The summed E-state index contributed by atoms with van der Waals surface area (Å²) >= 11 is 0. The van der Waals surface area contributed by atoms with Crippen LogP contribution in [0.4, 0.5) is 0 Å². The molecule has 6 heterocycles. The number of aliphatic carboxylic acids is 2. The van der Waals surface area contributed by atoms with Gasteiger partial charge in [-0.2, -0.15) is 0 Å². The molecule has 2 fully saturated rings. The minimum atomic E-state index is -1.23. The number of rotatable bonds is 3. The molecule has 4 atom stereocenters. The standard InChI is InChI=1S/C30H26N4O6/c35-25-7-5-21-27-17(11-23(29(37)38)33(21)25)15-3-1-13(9-19(15)31-27)14-2-4-16-18-12-24(30(39)40)34-22(6-8-26(34)36)28(18)32-20(16)10-14/h1-4,9-10,21-24,31-32H,5-8,11-12H2,(H,37,38)(H,39,40)/p-2/t21-,22-,23-,24+/m1/s1. The third-order valence-electron chi connectivity index (χ3n) is 9.40. The first-order valence-electron chi connectivity index (χ1n) is 13.6. The van der Waals surface area contributed by atoms with Gasteiger partial charge < -0.3 is 39.6 Å². The molecule has 2 saturated heterocycles. The lowest BCUT2D eigenvalue weighted by molar-refractivity contribution is -0.313. The normalized spacial score (nSPS) is 25.3. The van der Waals surface area contributed by atoms with Crippen LogP contribution in [-0.2, 0) is 32.0 Å². The summed E-state index contributed by atoms with van der Waals surface area (Å²) in [6, 6.07) is 9.57. The zero-order valence-corrected chi connectivity index (χ0v) is 21.4. The molecular formula is C30H24N4O6-2. The molecule has 0 radical (unpaired) electrons. The van der Waals surface area contributed by atoms with Crippen molar-refractivity contribution in [3.05, 3.63) is 58.9 Å². The van der Waals surface area contributed by atoms with Gasteiger partial charge in [-0.25, -0.2) is 0 Å². The second-order valence-corrected chi connectivity index (χ2v) is 11.3. The van der Waals surface area contributed by atoms with Gasteiger partial charge in [0, 0.05) is 58.9 Å². The highest BCUT2D eigenvalue weighted by atomic mass is 16.4. The number of H-pyrrole nitrogens is 2. The Morgan fingerprint density at radius 3 is 1.52 bits per heavy atom. The SMILES string of the molecule is O=C([O-])[C@H]1Cc2c([nH]c3cc(-c4ccc5c6c([nH]c5c4)[C@H]4CCC(=O)N4[C@H](C(=O)[O-])C6)ccc23)[C@H]2CCC(=O)N12. The molecule has 2 aromatic carbocycles. The van der Waals surface area contributed by atoms with E-state index < -0.39 is 24.0 Å². The maximum atomic E-state index is 12.5. The van der Waals surface area contributed by atoms with Crippen molar-refractivity contribution in [2.24, 2.45) is 0 Å². The highest BCUT2D eigenvalue weighted by Crippen LogP contribution is 2.45. The second-order valence-electron chi connectivity index (χ2n) is 11.3. The molecule has 8 rings (SSSR count). The van der Waals surface area contributed by atoms with E-state index in [0.717, 1.165) is 55.4 Å². The fourth-order valence-corrected chi connectivity index (χ4v) is 7.65. The van der Waals surface area contributed by atoms with Crippen LogP contribution in [0.5, 0.6) is 0 Å². The Bertz CT molecular complexity index is 1690. The summed E-state index contributed by atoms with van der Waals surface area (Å²) in [4.78, 5) is 58.6. The van der Waals surface area contributed by atoms with Gasteiger partial charge in [-0.1, -0.05) is 24.3 Å². The Labute approximate surface area is 227 Å². The van der Waals surface area contributed by atoms with E-state index in [1.165, 1.54) is 9.80 Å². The van der Waals surface area contributed by atoms with Gasteiger partial charge in [0.2, 0.25) is 11.8 Å². The van der Waals surface area contributed by atoms with Gasteiger partial charge in [0.05, 0.1) is 36.1 Å². The molecule has 2 amide bonds. The molecule has 0 bridgehead atoms. The lowest BCUT2D eigenvalue weighted by Gasteiger charge is -2.38. The molecule has 10 heteroatoms. The first-order chi connectivity index (χ1) is 19.3. The van der Waals surface area contributed by atoms with Crippen molar-refractivity contribution in [1.29, 1.82) is 0 Å².